The molecule has 0 fully saturated rings. The summed E-state index contributed by atoms with van der Waals surface area (Å²) in [6.45, 7) is 8.20. The number of anilines is 2. The molecular weight excluding hydrogens is 312 g/mol. The van der Waals surface area contributed by atoms with E-state index in [0.717, 1.165) is 23.5 Å². The van der Waals surface area contributed by atoms with E-state index >= 15 is 0 Å². The molecule has 0 aliphatic carbocycles. The molecule has 0 spiro atoms. The fourth-order valence-corrected chi connectivity index (χ4v) is 2.92. The molecule has 23 heavy (non-hydrogen) atoms. The van der Waals surface area contributed by atoms with Crippen molar-refractivity contribution in [1.29, 1.82) is 0 Å². The van der Waals surface area contributed by atoms with Crippen LogP contribution in [0.25, 0.3) is 0 Å². The zero-order chi connectivity index (χ0) is 17.0. The third-order valence-electron chi connectivity index (χ3n) is 3.39. The number of nitrogen functional groups attached to an aromatic ring is 1. The Hall–Kier alpha value is -2.09. The summed E-state index contributed by atoms with van der Waals surface area (Å²) >= 11 is 1.39. The molecule has 0 aromatic carbocycles. The second kappa shape index (κ2) is 7.45. The molecule has 8 heteroatoms. The van der Waals surface area contributed by atoms with E-state index in [-0.39, 0.29) is 23.5 Å². The molecule has 7 nitrogen and oxygen atoms in total. The van der Waals surface area contributed by atoms with Crippen molar-refractivity contribution in [2.45, 2.75) is 52.4 Å². The molecule has 1 atom stereocenters. The third-order valence-corrected chi connectivity index (χ3v) is 4.46. The Morgan fingerprint density at radius 2 is 2.04 bits per heavy atom. The van der Waals surface area contributed by atoms with Crippen molar-refractivity contribution < 1.29 is 4.79 Å². The molecular formula is C15H22N6OS. The van der Waals surface area contributed by atoms with Crippen LogP contribution in [0.5, 0.6) is 0 Å². The van der Waals surface area contributed by atoms with E-state index in [4.69, 9.17) is 5.73 Å². The van der Waals surface area contributed by atoms with Gasteiger partial charge in [0, 0.05) is 11.6 Å². The molecule has 0 radical (unpaired) electrons. The summed E-state index contributed by atoms with van der Waals surface area (Å²) < 4.78 is 0. The SMILES string of the molecule is CCC[C@@H](C)c1nnc(NC(=O)c2cc(C(C)C)nc(N)n2)s1. The molecule has 3 N–H and O–H groups in total. The topological polar surface area (TPSA) is 107 Å². The molecule has 0 aliphatic heterocycles. The lowest BCUT2D eigenvalue weighted by Crippen LogP contribution is -2.16. The molecule has 0 saturated carbocycles. The molecule has 2 heterocycles. The van der Waals surface area contributed by atoms with Crippen molar-refractivity contribution in [1.82, 2.24) is 20.2 Å². The summed E-state index contributed by atoms with van der Waals surface area (Å²) in [6, 6.07) is 1.65. The second-order valence-electron chi connectivity index (χ2n) is 5.78. The first-order valence-electron chi connectivity index (χ1n) is 7.69. The van der Waals surface area contributed by atoms with Crippen LogP contribution in [0.15, 0.2) is 6.07 Å². The summed E-state index contributed by atoms with van der Waals surface area (Å²) in [5, 5.41) is 12.3. The summed E-state index contributed by atoms with van der Waals surface area (Å²) in [5.41, 5.74) is 6.65. The predicted molar refractivity (Wildman–Crippen MR) is 91.7 cm³/mol. The number of carbonyl (C=O) groups is 1. The Kier molecular flexibility index (Phi) is 5.59. The van der Waals surface area contributed by atoms with Crippen LogP contribution in [0.2, 0.25) is 0 Å². The Labute approximate surface area is 139 Å². The van der Waals surface area contributed by atoms with E-state index in [1.54, 1.807) is 6.07 Å². The summed E-state index contributed by atoms with van der Waals surface area (Å²) in [7, 11) is 0. The van der Waals surface area contributed by atoms with Crippen LogP contribution in [-0.4, -0.2) is 26.1 Å². The first kappa shape index (κ1) is 17.3. The zero-order valence-electron chi connectivity index (χ0n) is 13.8. The number of hydrogen-bond donors (Lipinski definition) is 2. The smallest absolute Gasteiger partial charge is 0.276 e. The van der Waals surface area contributed by atoms with Crippen LogP contribution < -0.4 is 11.1 Å². The Balaban J connectivity index is 2.13. The number of aromatic nitrogens is 4. The largest absolute Gasteiger partial charge is 0.368 e. The monoisotopic (exact) mass is 334 g/mol. The van der Waals surface area contributed by atoms with Crippen LogP contribution in [0.4, 0.5) is 11.1 Å². The minimum absolute atomic E-state index is 0.0934. The first-order valence-corrected chi connectivity index (χ1v) is 8.51. The van der Waals surface area contributed by atoms with Crippen molar-refractivity contribution in [2.75, 3.05) is 11.1 Å². The van der Waals surface area contributed by atoms with Crippen LogP contribution in [-0.2, 0) is 0 Å². The van der Waals surface area contributed by atoms with Crippen molar-refractivity contribution in [3.8, 4) is 0 Å². The number of hydrogen-bond acceptors (Lipinski definition) is 7. The number of nitrogens with zero attached hydrogens (tertiary/aromatic N) is 4. The fourth-order valence-electron chi connectivity index (χ4n) is 2.10. The summed E-state index contributed by atoms with van der Waals surface area (Å²) in [6.07, 6.45) is 2.13. The van der Waals surface area contributed by atoms with Gasteiger partial charge < -0.3 is 5.73 Å². The molecule has 2 aromatic heterocycles. The van der Waals surface area contributed by atoms with Gasteiger partial charge >= 0.3 is 0 Å². The second-order valence-corrected chi connectivity index (χ2v) is 6.79. The number of nitrogens with one attached hydrogen (secondary N) is 1. The van der Waals surface area contributed by atoms with Crippen molar-refractivity contribution in [3.05, 3.63) is 22.5 Å². The van der Waals surface area contributed by atoms with Gasteiger partial charge in [0.15, 0.2) is 0 Å². The minimum atomic E-state index is -0.355. The molecule has 2 aromatic rings. The van der Waals surface area contributed by atoms with Crippen molar-refractivity contribution in [3.63, 3.8) is 0 Å². The van der Waals surface area contributed by atoms with Gasteiger partial charge in [-0.1, -0.05) is 45.5 Å². The fraction of sp³-hybridized carbons (Fsp3) is 0.533. The first-order chi connectivity index (χ1) is 10.9. The standard InChI is InChI=1S/C15H22N6OS/c1-5-6-9(4)13-20-21-15(23-13)19-12(22)11-7-10(8(2)3)17-14(16)18-11/h7-9H,5-6H2,1-4H3,(H2,16,17,18)(H,19,21,22)/t9-/m1/s1. The highest BCUT2D eigenvalue weighted by Gasteiger charge is 2.16. The van der Waals surface area contributed by atoms with Crippen LogP contribution in [0.1, 0.15) is 73.6 Å². The lowest BCUT2D eigenvalue weighted by atomic mass is 10.1. The maximum Gasteiger partial charge on any atom is 0.276 e. The molecule has 0 bridgehead atoms. The average molecular weight is 334 g/mol. The summed E-state index contributed by atoms with van der Waals surface area (Å²) in [4.78, 5) is 20.5. The third kappa shape index (κ3) is 4.44. The lowest BCUT2D eigenvalue weighted by molar-refractivity contribution is 0.102. The van der Waals surface area contributed by atoms with Gasteiger partial charge in [-0.2, -0.15) is 0 Å². The number of rotatable bonds is 6. The molecule has 2 rings (SSSR count). The van der Waals surface area contributed by atoms with Gasteiger partial charge in [0.05, 0.1) is 0 Å². The van der Waals surface area contributed by atoms with Gasteiger partial charge in [-0.05, 0) is 18.4 Å². The van der Waals surface area contributed by atoms with Gasteiger partial charge in [-0.25, -0.2) is 9.97 Å². The van der Waals surface area contributed by atoms with Gasteiger partial charge in [0.25, 0.3) is 5.91 Å². The zero-order valence-corrected chi connectivity index (χ0v) is 14.6. The van der Waals surface area contributed by atoms with E-state index in [2.05, 4.69) is 39.3 Å². The Bertz CT molecular complexity index is 684. The highest BCUT2D eigenvalue weighted by Crippen LogP contribution is 2.26. The van der Waals surface area contributed by atoms with Crippen LogP contribution >= 0.6 is 11.3 Å². The highest BCUT2D eigenvalue weighted by atomic mass is 32.1. The molecule has 0 unspecified atom stereocenters. The maximum atomic E-state index is 12.3. The minimum Gasteiger partial charge on any atom is -0.368 e. The normalized spacial score (nSPS) is 12.4. The Morgan fingerprint density at radius 1 is 1.30 bits per heavy atom. The lowest BCUT2D eigenvalue weighted by Gasteiger charge is -2.07. The quantitative estimate of drug-likeness (QED) is 0.840. The molecule has 0 saturated heterocycles. The van der Waals surface area contributed by atoms with E-state index in [0.29, 0.717) is 11.0 Å². The van der Waals surface area contributed by atoms with Gasteiger partial charge in [0.2, 0.25) is 11.1 Å². The number of nitrogens with two attached hydrogens (primary N) is 1. The van der Waals surface area contributed by atoms with Crippen LogP contribution in [0.3, 0.4) is 0 Å². The van der Waals surface area contributed by atoms with Crippen LogP contribution in [0, 0.1) is 0 Å². The van der Waals surface area contributed by atoms with E-state index < -0.39 is 0 Å². The van der Waals surface area contributed by atoms with Gasteiger partial charge in [0.1, 0.15) is 10.7 Å². The highest BCUT2D eigenvalue weighted by molar-refractivity contribution is 7.15. The predicted octanol–water partition coefficient (Wildman–Crippen LogP) is 3.19. The van der Waals surface area contributed by atoms with Gasteiger partial charge in [-0.3, -0.25) is 10.1 Å². The van der Waals surface area contributed by atoms with Crippen molar-refractivity contribution in [2.24, 2.45) is 0 Å². The van der Waals surface area contributed by atoms with E-state index in [9.17, 15) is 4.79 Å². The average Bonchev–Trinajstić information content (AvgIpc) is 2.95. The Morgan fingerprint density at radius 3 is 2.70 bits per heavy atom. The molecule has 0 aliphatic rings. The number of amides is 1. The molecule has 124 valence electrons. The van der Waals surface area contributed by atoms with E-state index in [1.807, 2.05) is 13.8 Å². The number of carbonyl (C=O) groups excluding carboxylic acids is 1. The summed E-state index contributed by atoms with van der Waals surface area (Å²) in [5.74, 6) is 0.239. The van der Waals surface area contributed by atoms with E-state index in [1.165, 1.54) is 11.3 Å². The van der Waals surface area contributed by atoms with Gasteiger partial charge in [-0.15, -0.1) is 10.2 Å². The van der Waals surface area contributed by atoms with Crippen molar-refractivity contribution >= 4 is 28.3 Å². The maximum absolute atomic E-state index is 12.3. The molecule has 1 amide bonds.